The number of hydrogen-bond acceptors (Lipinski definition) is 2. The number of hydrogen-bond donors (Lipinski definition) is 1. The smallest absolute Gasteiger partial charge is 0.256 e. The van der Waals surface area contributed by atoms with Gasteiger partial charge in [0.15, 0.2) is 0 Å². The van der Waals surface area contributed by atoms with Crippen LogP contribution in [0.1, 0.15) is 11.7 Å². The quantitative estimate of drug-likeness (QED) is 0.765. The maximum Gasteiger partial charge on any atom is 0.256 e. The molecule has 0 heterocycles. The van der Waals surface area contributed by atoms with Crippen LogP contribution in [0.15, 0.2) is 24.3 Å². The number of alkyl halides is 1. The number of methoxy groups -OCH3 is 1. The topological polar surface area (TPSA) is 52.3 Å². The molecule has 1 aromatic carbocycles. The van der Waals surface area contributed by atoms with E-state index < -0.39 is 12.1 Å². The minimum absolute atomic E-state index is 0.244. The normalized spacial score (nSPS) is 12.2. The highest BCUT2D eigenvalue weighted by molar-refractivity contribution is 5.80. The second kappa shape index (κ2) is 3.89. The van der Waals surface area contributed by atoms with Gasteiger partial charge in [-0.3, -0.25) is 4.79 Å². The van der Waals surface area contributed by atoms with Crippen molar-refractivity contribution in [1.29, 1.82) is 0 Å². The lowest BCUT2D eigenvalue weighted by Gasteiger charge is -2.04. The summed E-state index contributed by atoms with van der Waals surface area (Å²) >= 11 is 0. The molecule has 1 unspecified atom stereocenters. The van der Waals surface area contributed by atoms with Crippen molar-refractivity contribution < 1.29 is 13.9 Å². The Morgan fingerprint density at radius 3 is 2.38 bits per heavy atom. The number of rotatable bonds is 3. The third kappa shape index (κ3) is 2.18. The summed E-state index contributed by atoms with van der Waals surface area (Å²) in [5.41, 5.74) is 5.04. The third-order valence-electron chi connectivity index (χ3n) is 1.66. The van der Waals surface area contributed by atoms with Gasteiger partial charge in [-0.05, 0) is 17.7 Å². The van der Waals surface area contributed by atoms with Gasteiger partial charge >= 0.3 is 0 Å². The predicted molar refractivity (Wildman–Crippen MR) is 46.0 cm³/mol. The molecule has 3 nitrogen and oxygen atoms in total. The fraction of sp³-hybridized carbons (Fsp3) is 0.222. The van der Waals surface area contributed by atoms with Crippen molar-refractivity contribution >= 4 is 5.91 Å². The van der Waals surface area contributed by atoms with Gasteiger partial charge in [0.25, 0.3) is 5.91 Å². The van der Waals surface area contributed by atoms with E-state index in [4.69, 9.17) is 10.5 Å². The molecule has 0 aliphatic heterocycles. The molecule has 1 amide bonds. The first kappa shape index (κ1) is 9.51. The molecule has 0 aliphatic rings. The zero-order chi connectivity index (χ0) is 9.84. The number of amides is 1. The van der Waals surface area contributed by atoms with E-state index in [0.29, 0.717) is 5.75 Å². The largest absolute Gasteiger partial charge is 0.497 e. The predicted octanol–water partition coefficient (Wildman–Crippen LogP) is 1.19. The highest BCUT2D eigenvalue weighted by Crippen LogP contribution is 2.19. The van der Waals surface area contributed by atoms with Gasteiger partial charge in [-0.1, -0.05) is 12.1 Å². The molecule has 0 radical (unpaired) electrons. The molecule has 0 fully saturated rings. The summed E-state index contributed by atoms with van der Waals surface area (Å²) in [7, 11) is 1.51. The molecule has 13 heavy (non-hydrogen) atoms. The van der Waals surface area contributed by atoms with Gasteiger partial charge in [0, 0.05) is 0 Å². The maximum atomic E-state index is 13.0. The van der Waals surface area contributed by atoms with Crippen LogP contribution in [-0.4, -0.2) is 13.0 Å². The summed E-state index contributed by atoms with van der Waals surface area (Å²) in [6.07, 6.45) is -1.74. The van der Waals surface area contributed by atoms with Gasteiger partial charge in [-0.15, -0.1) is 0 Å². The molecule has 0 aromatic heterocycles. The number of halogens is 1. The van der Waals surface area contributed by atoms with Crippen LogP contribution in [0.3, 0.4) is 0 Å². The van der Waals surface area contributed by atoms with Gasteiger partial charge in [-0.25, -0.2) is 4.39 Å². The first-order valence-corrected chi connectivity index (χ1v) is 3.72. The second-order valence-electron chi connectivity index (χ2n) is 2.54. The van der Waals surface area contributed by atoms with Gasteiger partial charge in [0.2, 0.25) is 6.17 Å². The monoisotopic (exact) mass is 183 g/mol. The molecule has 0 bridgehead atoms. The van der Waals surface area contributed by atoms with Crippen molar-refractivity contribution in [3.63, 3.8) is 0 Å². The highest BCUT2D eigenvalue weighted by atomic mass is 19.1. The zero-order valence-electron chi connectivity index (χ0n) is 7.16. The molecular weight excluding hydrogens is 173 g/mol. The third-order valence-corrected chi connectivity index (χ3v) is 1.66. The minimum atomic E-state index is -1.74. The second-order valence-corrected chi connectivity index (χ2v) is 2.54. The molecule has 1 atom stereocenters. The van der Waals surface area contributed by atoms with Crippen molar-refractivity contribution in [2.24, 2.45) is 5.73 Å². The molecule has 0 saturated carbocycles. The lowest BCUT2D eigenvalue weighted by Crippen LogP contribution is -2.17. The van der Waals surface area contributed by atoms with Crippen LogP contribution in [0, 0.1) is 0 Å². The molecule has 2 N–H and O–H groups in total. The Balaban J connectivity index is 2.85. The Bertz CT molecular complexity index is 297. The van der Waals surface area contributed by atoms with E-state index in [1.807, 2.05) is 0 Å². The van der Waals surface area contributed by atoms with Gasteiger partial charge in [0.05, 0.1) is 7.11 Å². The molecule has 4 heteroatoms. The van der Waals surface area contributed by atoms with E-state index in [0.717, 1.165) is 0 Å². The minimum Gasteiger partial charge on any atom is -0.497 e. The van der Waals surface area contributed by atoms with Crippen LogP contribution in [0.5, 0.6) is 5.75 Å². The van der Waals surface area contributed by atoms with Crippen molar-refractivity contribution in [3.05, 3.63) is 29.8 Å². The molecular formula is C9H10FNO2. The van der Waals surface area contributed by atoms with Crippen LogP contribution < -0.4 is 10.5 Å². The van der Waals surface area contributed by atoms with Gasteiger partial charge in [0.1, 0.15) is 5.75 Å². The number of carbonyl (C=O) groups is 1. The average Bonchev–Trinajstić information content (AvgIpc) is 2.17. The maximum absolute atomic E-state index is 13.0. The van der Waals surface area contributed by atoms with E-state index in [1.54, 1.807) is 12.1 Å². The van der Waals surface area contributed by atoms with Gasteiger partial charge < -0.3 is 10.5 Å². The fourth-order valence-electron chi connectivity index (χ4n) is 0.937. The highest BCUT2D eigenvalue weighted by Gasteiger charge is 2.15. The molecule has 0 spiro atoms. The number of benzene rings is 1. The van der Waals surface area contributed by atoms with E-state index >= 15 is 0 Å². The molecule has 1 aromatic rings. The molecule has 1 rings (SSSR count). The summed E-state index contributed by atoms with van der Waals surface area (Å²) in [5.74, 6) is -0.370. The standard InChI is InChI=1S/C9H10FNO2/c1-13-7-4-2-6(3-5-7)8(10)9(11)12/h2-5,8H,1H3,(H2,11,12). The summed E-state index contributed by atoms with van der Waals surface area (Å²) in [6.45, 7) is 0. The van der Waals surface area contributed by atoms with Crippen molar-refractivity contribution in [2.45, 2.75) is 6.17 Å². The molecule has 0 aliphatic carbocycles. The number of nitrogens with two attached hydrogens (primary N) is 1. The Morgan fingerprint density at radius 2 is 2.00 bits per heavy atom. The van der Waals surface area contributed by atoms with Crippen LogP contribution in [0.25, 0.3) is 0 Å². The zero-order valence-corrected chi connectivity index (χ0v) is 7.16. The SMILES string of the molecule is COc1ccc(C(F)C(N)=O)cc1. The Kier molecular flexibility index (Phi) is 2.84. The first-order chi connectivity index (χ1) is 6.15. The average molecular weight is 183 g/mol. The number of carbonyl (C=O) groups excluding carboxylic acids is 1. The van der Waals surface area contributed by atoms with E-state index in [-0.39, 0.29) is 5.56 Å². The van der Waals surface area contributed by atoms with Crippen LogP contribution in [0.4, 0.5) is 4.39 Å². The summed E-state index contributed by atoms with van der Waals surface area (Å²) in [4.78, 5) is 10.5. The Hall–Kier alpha value is -1.58. The first-order valence-electron chi connectivity index (χ1n) is 3.72. The van der Waals surface area contributed by atoms with E-state index in [2.05, 4.69) is 0 Å². The van der Waals surface area contributed by atoms with Gasteiger partial charge in [-0.2, -0.15) is 0 Å². The van der Waals surface area contributed by atoms with E-state index in [1.165, 1.54) is 19.2 Å². The lowest BCUT2D eigenvalue weighted by molar-refractivity contribution is -0.122. The van der Waals surface area contributed by atoms with Crippen molar-refractivity contribution in [2.75, 3.05) is 7.11 Å². The fourth-order valence-corrected chi connectivity index (χ4v) is 0.937. The number of primary amides is 1. The van der Waals surface area contributed by atoms with Crippen molar-refractivity contribution in [3.8, 4) is 5.75 Å². The lowest BCUT2D eigenvalue weighted by atomic mass is 10.1. The Morgan fingerprint density at radius 1 is 1.46 bits per heavy atom. The summed E-state index contributed by atoms with van der Waals surface area (Å²) in [6, 6.07) is 6.08. The number of ether oxygens (including phenoxy) is 1. The Labute approximate surface area is 75.3 Å². The molecule has 70 valence electrons. The van der Waals surface area contributed by atoms with Crippen LogP contribution in [0.2, 0.25) is 0 Å². The van der Waals surface area contributed by atoms with Crippen LogP contribution >= 0.6 is 0 Å². The molecule has 0 saturated heterocycles. The van der Waals surface area contributed by atoms with Crippen LogP contribution in [-0.2, 0) is 4.79 Å². The summed E-state index contributed by atoms with van der Waals surface area (Å²) in [5, 5.41) is 0. The van der Waals surface area contributed by atoms with Crippen molar-refractivity contribution in [1.82, 2.24) is 0 Å². The van der Waals surface area contributed by atoms with E-state index in [9.17, 15) is 9.18 Å². The summed E-state index contributed by atoms with van der Waals surface area (Å²) < 4.78 is 17.8.